The second kappa shape index (κ2) is 6.63. The van der Waals surface area contributed by atoms with Crippen molar-refractivity contribution in [3.05, 3.63) is 24.4 Å². The van der Waals surface area contributed by atoms with Gasteiger partial charge in [-0.15, -0.1) is 0 Å². The summed E-state index contributed by atoms with van der Waals surface area (Å²) in [4.78, 5) is 4.33. The standard InChI is InChI=1S/C16H20N2O3/c1-2-4-17-6-7-21-16-13-11-15-14(19-8-9-20-15)10-12(13)3-5-18-16/h3,5,10-11,17H,2,4,6-9H2,1H3. The second-order valence-electron chi connectivity index (χ2n) is 4.93. The van der Waals surface area contributed by atoms with Crippen LogP contribution in [-0.2, 0) is 0 Å². The summed E-state index contributed by atoms with van der Waals surface area (Å²) in [6.45, 7) is 5.74. The van der Waals surface area contributed by atoms with Crippen LogP contribution in [0, 0.1) is 0 Å². The summed E-state index contributed by atoms with van der Waals surface area (Å²) in [5.74, 6) is 2.19. The molecule has 1 aromatic heterocycles. The van der Waals surface area contributed by atoms with Crippen LogP contribution >= 0.6 is 0 Å². The third kappa shape index (κ3) is 3.19. The Balaban J connectivity index is 1.78. The summed E-state index contributed by atoms with van der Waals surface area (Å²) < 4.78 is 17.0. The van der Waals surface area contributed by atoms with E-state index in [0.717, 1.165) is 41.8 Å². The Morgan fingerprint density at radius 3 is 2.81 bits per heavy atom. The number of pyridine rings is 1. The molecule has 0 atom stereocenters. The number of benzene rings is 1. The van der Waals surface area contributed by atoms with Crippen LogP contribution in [0.5, 0.6) is 17.4 Å². The highest BCUT2D eigenvalue weighted by atomic mass is 16.6. The molecule has 21 heavy (non-hydrogen) atoms. The van der Waals surface area contributed by atoms with Crippen molar-refractivity contribution in [2.45, 2.75) is 13.3 Å². The molecule has 1 aliphatic heterocycles. The Hall–Kier alpha value is -2.01. The molecule has 0 unspecified atom stereocenters. The average Bonchev–Trinajstić information content (AvgIpc) is 2.53. The normalized spacial score (nSPS) is 13.4. The molecule has 2 heterocycles. The Labute approximate surface area is 124 Å². The first-order valence-corrected chi connectivity index (χ1v) is 7.40. The summed E-state index contributed by atoms with van der Waals surface area (Å²) in [5.41, 5.74) is 0. The molecule has 1 N–H and O–H groups in total. The molecule has 0 radical (unpaired) electrons. The number of nitrogens with zero attached hydrogens (tertiary/aromatic N) is 1. The van der Waals surface area contributed by atoms with E-state index < -0.39 is 0 Å². The van der Waals surface area contributed by atoms with Gasteiger partial charge in [0, 0.05) is 18.1 Å². The molecule has 1 aromatic carbocycles. The molecule has 0 saturated carbocycles. The van der Waals surface area contributed by atoms with Crippen molar-refractivity contribution in [2.75, 3.05) is 32.9 Å². The van der Waals surface area contributed by atoms with Crippen molar-refractivity contribution >= 4 is 10.8 Å². The Morgan fingerprint density at radius 1 is 1.19 bits per heavy atom. The lowest BCUT2D eigenvalue weighted by molar-refractivity contribution is 0.172. The summed E-state index contributed by atoms with van der Waals surface area (Å²) in [6, 6.07) is 5.88. The smallest absolute Gasteiger partial charge is 0.221 e. The van der Waals surface area contributed by atoms with Crippen molar-refractivity contribution in [3.63, 3.8) is 0 Å². The van der Waals surface area contributed by atoms with E-state index in [1.165, 1.54) is 0 Å². The first-order chi connectivity index (χ1) is 10.4. The van der Waals surface area contributed by atoms with Gasteiger partial charge in [-0.3, -0.25) is 0 Å². The van der Waals surface area contributed by atoms with Crippen LogP contribution in [-0.4, -0.2) is 37.9 Å². The number of fused-ring (bicyclic) bond motifs is 2. The fraction of sp³-hybridized carbons (Fsp3) is 0.438. The molecule has 0 aliphatic carbocycles. The lowest BCUT2D eigenvalue weighted by Gasteiger charge is -2.19. The lowest BCUT2D eigenvalue weighted by Crippen LogP contribution is -2.21. The van der Waals surface area contributed by atoms with E-state index in [1.807, 2.05) is 18.2 Å². The predicted molar refractivity (Wildman–Crippen MR) is 81.4 cm³/mol. The highest BCUT2D eigenvalue weighted by molar-refractivity contribution is 5.89. The molecule has 1 aliphatic rings. The monoisotopic (exact) mass is 288 g/mol. The van der Waals surface area contributed by atoms with Crippen molar-refractivity contribution in [1.82, 2.24) is 10.3 Å². The number of nitrogens with one attached hydrogen (secondary N) is 1. The van der Waals surface area contributed by atoms with Gasteiger partial charge in [0.15, 0.2) is 11.5 Å². The zero-order chi connectivity index (χ0) is 14.5. The molecule has 112 valence electrons. The Morgan fingerprint density at radius 2 is 2.00 bits per heavy atom. The minimum absolute atomic E-state index is 0.579. The van der Waals surface area contributed by atoms with Gasteiger partial charge < -0.3 is 19.5 Å². The molecule has 0 spiro atoms. The predicted octanol–water partition coefficient (Wildman–Crippen LogP) is 2.38. The maximum atomic E-state index is 5.79. The molecular weight excluding hydrogens is 268 g/mol. The third-order valence-corrected chi connectivity index (χ3v) is 3.34. The van der Waals surface area contributed by atoms with Crippen LogP contribution in [0.15, 0.2) is 24.4 Å². The quantitative estimate of drug-likeness (QED) is 0.827. The van der Waals surface area contributed by atoms with Gasteiger partial charge in [-0.05, 0) is 36.6 Å². The van der Waals surface area contributed by atoms with E-state index >= 15 is 0 Å². The number of hydrogen-bond donors (Lipinski definition) is 1. The second-order valence-corrected chi connectivity index (χ2v) is 4.93. The summed E-state index contributed by atoms with van der Waals surface area (Å²) in [5, 5.41) is 5.31. The maximum Gasteiger partial charge on any atom is 0.221 e. The third-order valence-electron chi connectivity index (χ3n) is 3.34. The Kier molecular flexibility index (Phi) is 4.40. The van der Waals surface area contributed by atoms with Gasteiger partial charge in [-0.25, -0.2) is 4.98 Å². The van der Waals surface area contributed by atoms with Crippen LogP contribution in [0.3, 0.4) is 0 Å². The summed E-state index contributed by atoms with van der Waals surface area (Å²) in [6.07, 6.45) is 2.88. The number of hydrogen-bond acceptors (Lipinski definition) is 5. The van der Waals surface area contributed by atoms with E-state index in [4.69, 9.17) is 14.2 Å². The first kappa shape index (κ1) is 13.9. The SMILES string of the molecule is CCCNCCOc1nccc2cc3c(cc12)OCCO3. The van der Waals surface area contributed by atoms with Gasteiger partial charge in [-0.1, -0.05) is 6.92 Å². The molecule has 5 heteroatoms. The number of rotatable bonds is 6. The molecule has 0 fully saturated rings. The molecule has 5 nitrogen and oxygen atoms in total. The summed E-state index contributed by atoms with van der Waals surface area (Å²) >= 11 is 0. The van der Waals surface area contributed by atoms with Gasteiger partial charge in [0.25, 0.3) is 0 Å². The maximum absolute atomic E-state index is 5.79. The van der Waals surface area contributed by atoms with Crippen LogP contribution in [0.2, 0.25) is 0 Å². The van der Waals surface area contributed by atoms with E-state index in [-0.39, 0.29) is 0 Å². The molecular formula is C16H20N2O3. The topological polar surface area (TPSA) is 52.6 Å². The van der Waals surface area contributed by atoms with Gasteiger partial charge in [0.1, 0.15) is 19.8 Å². The van der Waals surface area contributed by atoms with Crippen LogP contribution < -0.4 is 19.5 Å². The minimum atomic E-state index is 0.579. The first-order valence-electron chi connectivity index (χ1n) is 7.40. The molecule has 0 amide bonds. The van der Waals surface area contributed by atoms with E-state index in [9.17, 15) is 0 Å². The molecule has 2 aromatic rings. The average molecular weight is 288 g/mol. The zero-order valence-corrected chi connectivity index (χ0v) is 12.2. The number of ether oxygens (including phenoxy) is 3. The Bertz CT molecular complexity index is 616. The van der Waals surface area contributed by atoms with Crippen LogP contribution in [0.1, 0.15) is 13.3 Å². The highest BCUT2D eigenvalue weighted by Crippen LogP contribution is 2.37. The van der Waals surface area contributed by atoms with Crippen LogP contribution in [0.4, 0.5) is 0 Å². The fourth-order valence-electron chi connectivity index (χ4n) is 2.32. The van der Waals surface area contributed by atoms with Gasteiger partial charge >= 0.3 is 0 Å². The van der Waals surface area contributed by atoms with Crippen molar-refractivity contribution in [2.24, 2.45) is 0 Å². The van der Waals surface area contributed by atoms with E-state index in [2.05, 4.69) is 17.2 Å². The van der Waals surface area contributed by atoms with E-state index in [1.54, 1.807) is 6.20 Å². The fourth-order valence-corrected chi connectivity index (χ4v) is 2.32. The highest BCUT2D eigenvalue weighted by Gasteiger charge is 2.15. The minimum Gasteiger partial charge on any atom is -0.486 e. The van der Waals surface area contributed by atoms with Gasteiger partial charge in [-0.2, -0.15) is 0 Å². The van der Waals surface area contributed by atoms with Crippen molar-refractivity contribution in [3.8, 4) is 17.4 Å². The lowest BCUT2D eigenvalue weighted by atomic mass is 10.1. The summed E-state index contributed by atoms with van der Waals surface area (Å²) in [7, 11) is 0. The molecule has 0 bridgehead atoms. The van der Waals surface area contributed by atoms with Gasteiger partial charge in [0.2, 0.25) is 5.88 Å². The van der Waals surface area contributed by atoms with Crippen LogP contribution in [0.25, 0.3) is 10.8 Å². The zero-order valence-electron chi connectivity index (χ0n) is 12.2. The largest absolute Gasteiger partial charge is 0.486 e. The van der Waals surface area contributed by atoms with Crippen molar-refractivity contribution < 1.29 is 14.2 Å². The number of aromatic nitrogens is 1. The van der Waals surface area contributed by atoms with Crippen molar-refractivity contribution in [1.29, 1.82) is 0 Å². The van der Waals surface area contributed by atoms with Gasteiger partial charge in [0.05, 0.1) is 0 Å². The molecule has 3 rings (SSSR count). The van der Waals surface area contributed by atoms with E-state index in [0.29, 0.717) is 25.7 Å². The molecule has 0 saturated heterocycles.